The van der Waals surface area contributed by atoms with Gasteiger partial charge in [0.15, 0.2) is 0 Å². The SMILES string of the molecule is Cc1cc(C)c2nc(-c3ccc(Cl)cc3)cc(C(=O)Nc3ccc(C(=O)OCC(C)C)cc3)c2c1. The molecular formula is C29H27ClN2O3. The Hall–Kier alpha value is -3.70. The Balaban J connectivity index is 1.67. The lowest BCUT2D eigenvalue weighted by Gasteiger charge is -2.13. The van der Waals surface area contributed by atoms with Crippen molar-refractivity contribution in [2.75, 3.05) is 11.9 Å². The van der Waals surface area contributed by atoms with Gasteiger partial charge in [-0.25, -0.2) is 9.78 Å². The third kappa shape index (κ3) is 5.69. The molecule has 0 saturated carbocycles. The molecule has 4 rings (SSSR count). The van der Waals surface area contributed by atoms with Crippen molar-refractivity contribution in [2.45, 2.75) is 27.7 Å². The summed E-state index contributed by atoms with van der Waals surface area (Å²) in [6.45, 7) is 8.32. The number of aromatic nitrogens is 1. The van der Waals surface area contributed by atoms with Crippen LogP contribution in [0.5, 0.6) is 0 Å². The monoisotopic (exact) mass is 486 g/mol. The molecule has 178 valence electrons. The summed E-state index contributed by atoms with van der Waals surface area (Å²) in [6.07, 6.45) is 0. The maximum atomic E-state index is 13.4. The summed E-state index contributed by atoms with van der Waals surface area (Å²) in [4.78, 5) is 30.5. The fourth-order valence-corrected chi connectivity index (χ4v) is 3.98. The highest BCUT2D eigenvalue weighted by atomic mass is 35.5. The fourth-order valence-electron chi connectivity index (χ4n) is 3.85. The second-order valence-corrected chi connectivity index (χ2v) is 9.50. The zero-order chi connectivity index (χ0) is 25.1. The average molecular weight is 487 g/mol. The van der Waals surface area contributed by atoms with Gasteiger partial charge in [-0.3, -0.25) is 4.79 Å². The van der Waals surface area contributed by atoms with E-state index in [0.29, 0.717) is 34.1 Å². The van der Waals surface area contributed by atoms with Gasteiger partial charge in [-0.05, 0) is 73.9 Å². The highest BCUT2D eigenvalue weighted by molar-refractivity contribution is 6.30. The number of ether oxygens (including phenoxy) is 1. The number of hydrogen-bond donors (Lipinski definition) is 1. The van der Waals surface area contributed by atoms with Gasteiger partial charge in [0.1, 0.15) is 0 Å². The molecule has 0 unspecified atom stereocenters. The molecule has 0 aliphatic heterocycles. The Kier molecular flexibility index (Phi) is 7.17. The van der Waals surface area contributed by atoms with Crippen molar-refractivity contribution in [3.05, 3.63) is 94.0 Å². The van der Waals surface area contributed by atoms with Crippen molar-refractivity contribution >= 4 is 40.1 Å². The minimum atomic E-state index is -0.379. The summed E-state index contributed by atoms with van der Waals surface area (Å²) in [7, 11) is 0. The van der Waals surface area contributed by atoms with Gasteiger partial charge in [-0.2, -0.15) is 0 Å². The van der Waals surface area contributed by atoms with E-state index in [0.717, 1.165) is 27.6 Å². The van der Waals surface area contributed by atoms with Gasteiger partial charge in [0.05, 0.1) is 28.9 Å². The van der Waals surface area contributed by atoms with E-state index in [2.05, 4.69) is 11.4 Å². The van der Waals surface area contributed by atoms with Gasteiger partial charge < -0.3 is 10.1 Å². The molecule has 0 spiro atoms. The summed E-state index contributed by atoms with van der Waals surface area (Å²) in [5.41, 5.74) is 5.92. The number of pyridine rings is 1. The number of benzene rings is 3. The first kappa shape index (κ1) is 24.4. The maximum absolute atomic E-state index is 13.4. The molecule has 35 heavy (non-hydrogen) atoms. The number of nitrogens with one attached hydrogen (secondary N) is 1. The van der Waals surface area contributed by atoms with Gasteiger partial charge >= 0.3 is 5.97 Å². The number of halogens is 1. The molecule has 3 aromatic carbocycles. The Morgan fingerprint density at radius 1 is 0.971 bits per heavy atom. The van der Waals surface area contributed by atoms with Crippen molar-refractivity contribution in [1.82, 2.24) is 4.98 Å². The third-order valence-corrected chi connectivity index (χ3v) is 5.81. The van der Waals surface area contributed by atoms with E-state index in [-0.39, 0.29) is 17.8 Å². The van der Waals surface area contributed by atoms with Gasteiger partial charge in [0, 0.05) is 21.7 Å². The molecule has 5 nitrogen and oxygen atoms in total. The largest absolute Gasteiger partial charge is 0.462 e. The predicted octanol–water partition coefficient (Wildman–Crippen LogP) is 7.24. The fraction of sp³-hybridized carbons (Fsp3) is 0.207. The molecular weight excluding hydrogens is 460 g/mol. The molecule has 0 aliphatic rings. The number of aryl methyl sites for hydroxylation is 2. The Labute approximate surface area is 210 Å². The second kappa shape index (κ2) is 10.3. The first-order chi connectivity index (χ1) is 16.7. The molecule has 4 aromatic rings. The van der Waals surface area contributed by atoms with Crippen molar-refractivity contribution in [1.29, 1.82) is 0 Å². The van der Waals surface area contributed by atoms with Gasteiger partial charge in [0.25, 0.3) is 5.91 Å². The first-order valence-corrected chi connectivity index (χ1v) is 11.9. The van der Waals surface area contributed by atoms with Crippen LogP contribution in [-0.2, 0) is 4.74 Å². The number of rotatable bonds is 6. The molecule has 0 aliphatic carbocycles. The molecule has 1 aromatic heterocycles. The zero-order valence-electron chi connectivity index (χ0n) is 20.2. The van der Waals surface area contributed by atoms with Crippen LogP contribution in [0.4, 0.5) is 5.69 Å². The van der Waals surface area contributed by atoms with Gasteiger partial charge in [-0.1, -0.05) is 49.2 Å². The van der Waals surface area contributed by atoms with Crippen molar-refractivity contribution in [2.24, 2.45) is 5.92 Å². The minimum absolute atomic E-state index is 0.257. The maximum Gasteiger partial charge on any atom is 0.338 e. The van der Waals surface area contributed by atoms with Crippen molar-refractivity contribution < 1.29 is 14.3 Å². The molecule has 1 heterocycles. The van der Waals surface area contributed by atoms with Gasteiger partial charge in [-0.15, -0.1) is 0 Å². The zero-order valence-corrected chi connectivity index (χ0v) is 20.9. The van der Waals surface area contributed by atoms with Crippen LogP contribution >= 0.6 is 11.6 Å². The molecule has 1 N–H and O–H groups in total. The van der Waals surface area contributed by atoms with Crippen LogP contribution in [0.1, 0.15) is 45.7 Å². The smallest absolute Gasteiger partial charge is 0.338 e. The predicted molar refractivity (Wildman–Crippen MR) is 141 cm³/mol. The normalized spacial score (nSPS) is 11.0. The average Bonchev–Trinajstić information content (AvgIpc) is 2.83. The number of anilines is 1. The Morgan fingerprint density at radius 2 is 1.66 bits per heavy atom. The Bertz CT molecular complexity index is 1390. The summed E-state index contributed by atoms with van der Waals surface area (Å²) < 4.78 is 5.27. The highest BCUT2D eigenvalue weighted by Crippen LogP contribution is 2.29. The van der Waals surface area contributed by atoms with Crippen LogP contribution in [0.15, 0.2) is 66.7 Å². The minimum Gasteiger partial charge on any atom is -0.462 e. The lowest BCUT2D eigenvalue weighted by molar-refractivity contribution is 0.0459. The van der Waals surface area contributed by atoms with Crippen LogP contribution in [0.25, 0.3) is 22.2 Å². The number of nitrogens with zero attached hydrogens (tertiary/aromatic N) is 1. The molecule has 0 atom stereocenters. The number of amides is 1. The number of hydrogen-bond acceptors (Lipinski definition) is 4. The van der Waals surface area contributed by atoms with Crippen molar-refractivity contribution in [3.63, 3.8) is 0 Å². The summed E-state index contributed by atoms with van der Waals surface area (Å²) in [5, 5.41) is 4.37. The van der Waals surface area contributed by atoms with Gasteiger partial charge in [0.2, 0.25) is 0 Å². The van der Waals surface area contributed by atoms with Crippen molar-refractivity contribution in [3.8, 4) is 11.3 Å². The highest BCUT2D eigenvalue weighted by Gasteiger charge is 2.17. The molecule has 0 bridgehead atoms. The quantitative estimate of drug-likeness (QED) is 0.292. The van der Waals surface area contributed by atoms with E-state index in [1.165, 1.54) is 0 Å². The molecule has 0 radical (unpaired) electrons. The molecule has 0 fully saturated rings. The number of carbonyl (C=O) groups excluding carboxylic acids is 2. The number of esters is 1. The lowest BCUT2D eigenvalue weighted by Crippen LogP contribution is -2.14. The van der Waals surface area contributed by atoms with E-state index in [4.69, 9.17) is 21.3 Å². The topological polar surface area (TPSA) is 68.3 Å². The number of fused-ring (bicyclic) bond motifs is 1. The standard InChI is InChI=1S/C29H27ClN2O3/c1-17(2)16-35-29(34)21-7-11-23(12-8-21)31-28(33)25-15-26(20-5-9-22(30)10-6-20)32-27-19(4)13-18(3)14-24(25)27/h5-15,17H,16H2,1-4H3,(H,31,33). The number of carbonyl (C=O) groups is 2. The van der Waals surface area contributed by atoms with E-state index in [1.807, 2.05) is 45.9 Å². The molecule has 1 amide bonds. The van der Waals surface area contributed by atoms with Crippen LogP contribution in [-0.4, -0.2) is 23.5 Å². The first-order valence-electron chi connectivity index (χ1n) is 11.5. The Morgan fingerprint density at radius 3 is 2.31 bits per heavy atom. The van der Waals surface area contributed by atoms with Crippen LogP contribution in [0, 0.1) is 19.8 Å². The lowest BCUT2D eigenvalue weighted by atomic mass is 9.99. The van der Waals surface area contributed by atoms with E-state index in [1.54, 1.807) is 42.5 Å². The van der Waals surface area contributed by atoms with Crippen LogP contribution < -0.4 is 5.32 Å². The third-order valence-electron chi connectivity index (χ3n) is 5.56. The second-order valence-electron chi connectivity index (χ2n) is 9.06. The van der Waals surface area contributed by atoms with Crippen LogP contribution in [0.2, 0.25) is 5.02 Å². The van der Waals surface area contributed by atoms with Crippen LogP contribution in [0.3, 0.4) is 0 Å². The summed E-state index contributed by atoms with van der Waals surface area (Å²) >= 11 is 6.06. The summed E-state index contributed by atoms with van der Waals surface area (Å²) in [5.74, 6) is -0.374. The van der Waals surface area contributed by atoms with E-state index in [9.17, 15) is 9.59 Å². The molecule has 6 heteroatoms. The summed E-state index contributed by atoms with van der Waals surface area (Å²) in [6, 6.07) is 19.9. The van der Waals surface area contributed by atoms with E-state index >= 15 is 0 Å². The van der Waals surface area contributed by atoms with E-state index < -0.39 is 0 Å². The molecule has 0 saturated heterocycles.